The molecule has 1 N–H and O–H groups in total. The van der Waals surface area contributed by atoms with Crippen molar-refractivity contribution in [1.82, 2.24) is 19.7 Å². The summed E-state index contributed by atoms with van der Waals surface area (Å²) >= 11 is 0. The number of carboxylic acid groups (broad SMARTS) is 1. The molecular weight excluding hydrogens is 381 g/mol. The summed E-state index contributed by atoms with van der Waals surface area (Å²) in [5, 5.41) is 15.7. The number of furan rings is 1. The van der Waals surface area contributed by atoms with Gasteiger partial charge in [0, 0.05) is 19.7 Å². The van der Waals surface area contributed by atoms with Crippen molar-refractivity contribution in [1.29, 1.82) is 0 Å². The highest BCUT2D eigenvalue weighted by atomic mass is 19.4. The Hall–Kier alpha value is -2.40. The highest BCUT2D eigenvalue weighted by Crippen LogP contribution is 2.29. The number of carboxylic acids is 1. The Morgan fingerprint density at radius 3 is 2.68 bits per heavy atom. The Balaban J connectivity index is 0.000000279. The number of alkyl halides is 3. The van der Waals surface area contributed by atoms with Crippen LogP contribution in [0.5, 0.6) is 0 Å². The van der Waals surface area contributed by atoms with E-state index < -0.39 is 12.1 Å². The molecule has 11 heteroatoms. The molecular formula is C17H21F3N4O4. The van der Waals surface area contributed by atoms with Crippen LogP contribution >= 0.6 is 0 Å². The van der Waals surface area contributed by atoms with Gasteiger partial charge in [-0.2, -0.15) is 13.2 Å². The quantitative estimate of drug-likeness (QED) is 0.793. The first kappa shape index (κ1) is 20.3. The molecule has 1 aliphatic heterocycles. The Kier molecular flexibility index (Phi) is 6.35. The third-order valence-corrected chi connectivity index (χ3v) is 4.39. The molecule has 28 heavy (non-hydrogen) atoms. The lowest BCUT2D eigenvalue weighted by atomic mass is 10.3. The van der Waals surface area contributed by atoms with Crippen molar-refractivity contribution in [3.8, 4) is 0 Å². The topological polar surface area (TPSA) is 93.6 Å². The van der Waals surface area contributed by atoms with E-state index >= 15 is 0 Å². The third-order valence-electron chi connectivity index (χ3n) is 4.39. The second-order valence-corrected chi connectivity index (χ2v) is 6.74. The lowest BCUT2D eigenvalue weighted by Gasteiger charge is -2.26. The Labute approximate surface area is 158 Å². The molecule has 3 heterocycles. The molecule has 0 bridgehead atoms. The largest absolute Gasteiger partial charge is 0.490 e. The summed E-state index contributed by atoms with van der Waals surface area (Å²) in [6.45, 7) is 5.00. The van der Waals surface area contributed by atoms with Gasteiger partial charge in [-0.15, -0.1) is 10.2 Å². The van der Waals surface area contributed by atoms with Crippen LogP contribution in [0.2, 0.25) is 0 Å². The van der Waals surface area contributed by atoms with Gasteiger partial charge < -0.3 is 18.8 Å². The van der Waals surface area contributed by atoms with Gasteiger partial charge in [0.05, 0.1) is 19.4 Å². The Morgan fingerprint density at radius 2 is 2.07 bits per heavy atom. The van der Waals surface area contributed by atoms with Crippen LogP contribution in [0.4, 0.5) is 13.2 Å². The molecule has 1 aliphatic carbocycles. The number of hydrogen-bond donors (Lipinski definition) is 1. The molecule has 154 valence electrons. The minimum Gasteiger partial charge on any atom is -0.475 e. The normalized spacial score (nSPS) is 17.0. The van der Waals surface area contributed by atoms with Gasteiger partial charge in [0.2, 0.25) is 0 Å². The highest BCUT2D eigenvalue weighted by molar-refractivity contribution is 5.73. The predicted octanol–water partition coefficient (Wildman–Crippen LogP) is 2.45. The molecule has 0 unspecified atom stereocenters. The summed E-state index contributed by atoms with van der Waals surface area (Å²) in [6.07, 6.45) is -0.726. The molecule has 1 saturated carbocycles. The van der Waals surface area contributed by atoms with E-state index in [2.05, 4.69) is 19.7 Å². The van der Waals surface area contributed by atoms with Gasteiger partial charge in [-0.05, 0) is 30.9 Å². The first-order valence-corrected chi connectivity index (χ1v) is 8.86. The van der Waals surface area contributed by atoms with E-state index in [1.807, 2.05) is 12.1 Å². The minimum atomic E-state index is -5.08. The first-order valence-electron chi connectivity index (χ1n) is 8.86. The van der Waals surface area contributed by atoms with Crippen molar-refractivity contribution in [2.24, 2.45) is 5.92 Å². The molecule has 0 spiro atoms. The lowest BCUT2D eigenvalue weighted by Crippen LogP contribution is -2.34. The fourth-order valence-electron chi connectivity index (χ4n) is 2.73. The molecule has 0 amide bonds. The van der Waals surface area contributed by atoms with Crippen LogP contribution in [0.25, 0.3) is 0 Å². The first-order chi connectivity index (χ1) is 13.3. The smallest absolute Gasteiger partial charge is 0.475 e. The molecule has 1 fully saturated rings. The Bertz CT molecular complexity index is 772. The van der Waals surface area contributed by atoms with Crippen LogP contribution in [0.3, 0.4) is 0 Å². The van der Waals surface area contributed by atoms with Crippen LogP contribution in [0.15, 0.2) is 22.8 Å². The van der Waals surface area contributed by atoms with E-state index in [1.54, 1.807) is 6.26 Å². The molecule has 0 radical (unpaired) electrons. The number of hydrogen-bond acceptors (Lipinski definition) is 6. The fraction of sp³-hybridized carbons (Fsp3) is 0.588. The van der Waals surface area contributed by atoms with Gasteiger partial charge in [0.1, 0.15) is 18.2 Å². The van der Waals surface area contributed by atoms with Gasteiger partial charge in [0.25, 0.3) is 0 Å². The number of fused-ring (bicyclic) bond motifs is 1. The number of aromatic nitrogens is 3. The number of halogens is 3. The van der Waals surface area contributed by atoms with E-state index in [4.69, 9.17) is 19.1 Å². The molecule has 0 atom stereocenters. The second kappa shape index (κ2) is 8.74. The minimum absolute atomic E-state index is 0.585. The van der Waals surface area contributed by atoms with Crippen LogP contribution in [-0.4, -0.2) is 50.1 Å². The maximum absolute atomic E-state index is 10.6. The molecule has 0 aromatic carbocycles. The average Bonchev–Trinajstić information content (AvgIpc) is 3.15. The molecule has 2 aromatic rings. The maximum Gasteiger partial charge on any atom is 0.490 e. The van der Waals surface area contributed by atoms with E-state index in [0.29, 0.717) is 6.61 Å². The van der Waals surface area contributed by atoms with Crippen molar-refractivity contribution < 1.29 is 32.2 Å². The van der Waals surface area contributed by atoms with Gasteiger partial charge in [-0.1, -0.05) is 0 Å². The van der Waals surface area contributed by atoms with Gasteiger partial charge in [-0.3, -0.25) is 4.90 Å². The summed E-state index contributed by atoms with van der Waals surface area (Å²) < 4.78 is 45.1. The molecule has 2 aromatic heterocycles. The highest BCUT2D eigenvalue weighted by Gasteiger charge is 2.38. The molecule has 2 aliphatic rings. The molecule has 4 rings (SSSR count). The van der Waals surface area contributed by atoms with E-state index in [9.17, 15) is 13.2 Å². The van der Waals surface area contributed by atoms with Crippen molar-refractivity contribution in [3.63, 3.8) is 0 Å². The van der Waals surface area contributed by atoms with Crippen molar-refractivity contribution in [2.45, 2.75) is 45.3 Å². The lowest BCUT2D eigenvalue weighted by molar-refractivity contribution is -0.192. The summed E-state index contributed by atoms with van der Waals surface area (Å²) in [4.78, 5) is 11.2. The van der Waals surface area contributed by atoms with Crippen LogP contribution in [-0.2, 0) is 35.8 Å². The van der Waals surface area contributed by atoms with Crippen molar-refractivity contribution >= 4 is 5.97 Å². The van der Waals surface area contributed by atoms with Crippen LogP contribution in [0.1, 0.15) is 30.3 Å². The summed E-state index contributed by atoms with van der Waals surface area (Å²) in [7, 11) is 0. The fourth-order valence-corrected chi connectivity index (χ4v) is 2.73. The zero-order valence-corrected chi connectivity index (χ0v) is 15.1. The third kappa shape index (κ3) is 5.80. The average molecular weight is 402 g/mol. The number of aliphatic carboxylic acids is 1. The monoisotopic (exact) mass is 402 g/mol. The second-order valence-electron chi connectivity index (χ2n) is 6.74. The number of rotatable bonds is 6. The zero-order valence-electron chi connectivity index (χ0n) is 15.1. The van der Waals surface area contributed by atoms with Crippen LogP contribution in [0, 0.1) is 5.92 Å². The zero-order chi connectivity index (χ0) is 20.1. The number of ether oxygens (including phenoxy) is 1. The number of carbonyl (C=O) groups is 1. The molecule has 0 saturated heterocycles. The SMILES string of the molecule is O=C(O)C(F)(F)F.c1coc(CN2CCn3c(COCC4CC4)nnc3C2)c1. The van der Waals surface area contributed by atoms with Gasteiger partial charge >= 0.3 is 12.1 Å². The van der Waals surface area contributed by atoms with Gasteiger partial charge in [0.15, 0.2) is 5.82 Å². The summed E-state index contributed by atoms with van der Waals surface area (Å²) in [5.74, 6) is 1.02. The van der Waals surface area contributed by atoms with E-state index in [-0.39, 0.29) is 0 Å². The maximum atomic E-state index is 10.6. The van der Waals surface area contributed by atoms with Gasteiger partial charge in [-0.25, -0.2) is 4.79 Å². The van der Waals surface area contributed by atoms with Crippen molar-refractivity contribution in [2.75, 3.05) is 13.2 Å². The van der Waals surface area contributed by atoms with Crippen molar-refractivity contribution in [3.05, 3.63) is 35.8 Å². The number of nitrogens with zero attached hydrogens (tertiary/aromatic N) is 4. The molecule has 8 nitrogen and oxygen atoms in total. The van der Waals surface area contributed by atoms with E-state index in [1.165, 1.54) is 12.8 Å². The van der Waals surface area contributed by atoms with E-state index in [0.717, 1.165) is 56.1 Å². The summed E-state index contributed by atoms with van der Waals surface area (Å²) in [6, 6.07) is 3.94. The summed E-state index contributed by atoms with van der Waals surface area (Å²) in [5.41, 5.74) is 0. The Morgan fingerprint density at radius 1 is 1.32 bits per heavy atom. The van der Waals surface area contributed by atoms with Crippen LogP contribution < -0.4 is 0 Å². The standard InChI is InChI=1S/C15H20N4O2.C2HF3O2/c1-2-13(21-7-1)8-18-5-6-19-14(9-18)16-17-15(19)11-20-10-12-3-4-12;3-2(4,5)1(6)7/h1-2,7,12H,3-6,8-11H2;(H,6,7). The predicted molar refractivity (Wildman–Crippen MR) is 88.9 cm³/mol.